The summed E-state index contributed by atoms with van der Waals surface area (Å²) in [5.41, 5.74) is 6.21. The Labute approximate surface area is 157 Å². The summed E-state index contributed by atoms with van der Waals surface area (Å²) in [6.45, 7) is 0.289. The normalized spacial score (nSPS) is 9.93. The Morgan fingerprint density at radius 2 is 1.59 bits per heavy atom. The minimum absolute atomic E-state index is 0.0917. The predicted molar refractivity (Wildman–Crippen MR) is 105 cm³/mol. The molecule has 2 amide bonds. The van der Waals surface area contributed by atoms with Crippen LogP contribution in [0.1, 0.15) is 20.7 Å². The minimum Gasteiger partial charge on any atom is -0.480 e. The largest absolute Gasteiger partial charge is 0.480 e. The summed E-state index contributed by atoms with van der Waals surface area (Å²) < 4.78 is 5.46. The molecule has 3 N–H and O–H groups in total. The van der Waals surface area contributed by atoms with Gasteiger partial charge < -0.3 is 15.8 Å². The molecule has 0 heterocycles. The van der Waals surface area contributed by atoms with Crippen molar-refractivity contribution in [2.24, 2.45) is 5.73 Å². The van der Waals surface area contributed by atoms with Crippen LogP contribution in [0.3, 0.4) is 0 Å². The Balaban J connectivity index is 1.55. The molecule has 0 aliphatic heterocycles. The number of carbonyl (C=O) groups excluding carboxylic acids is 2. The van der Waals surface area contributed by atoms with Crippen molar-refractivity contribution in [3.8, 4) is 17.6 Å². The van der Waals surface area contributed by atoms with Crippen molar-refractivity contribution in [2.45, 2.75) is 0 Å². The zero-order chi connectivity index (χ0) is 19.1. The third-order valence-corrected chi connectivity index (χ3v) is 3.95. The predicted octanol–water partition coefficient (Wildman–Crippen LogP) is 2.75. The van der Waals surface area contributed by atoms with Crippen LogP contribution in [0.25, 0.3) is 10.8 Å². The Hall–Kier alpha value is -3.78. The van der Waals surface area contributed by atoms with Crippen LogP contribution in [0.2, 0.25) is 0 Å². The lowest BCUT2D eigenvalue weighted by Gasteiger charge is -2.06. The summed E-state index contributed by atoms with van der Waals surface area (Å²) in [4.78, 5) is 23.7. The molecule has 0 radical (unpaired) electrons. The van der Waals surface area contributed by atoms with E-state index in [9.17, 15) is 9.59 Å². The van der Waals surface area contributed by atoms with Crippen LogP contribution in [0.4, 0.5) is 0 Å². The van der Waals surface area contributed by atoms with Crippen molar-refractivity contribution < 1.29 is 14.3 Å². The van der Waals surface area contributed by atoms with Gasteiger partial charge >= 0.3 is 0 Å². The molecule has 0 saturated carbocycles. The first-order chi connectivity index (χ1) is 13.2. The van der Waals surface area contributed by atoms with Gasteiger partial charge in [-0.3, -0.25) is 9.59 Å². The SMILES string of the molecule is NC(=O)c1ccccc1OCC#CCNC(=O)c1cccc2ccccc12. The lowest BCUT2D eigenvalue weighted by molar-refractivity contribution is 0.0958. The highest BCUT2D eigenvalue weighted by molar-refractivity contribution is 6.07. The molecule has 0 aliphatic rings. The fraction of sp³-hybridized carbons (Fsp3) is 0.0909. The van der Waals surface area contributed by atoms with Gasteiger partial charge in [0.25, 0.3) is 11.8 Å². The molecule has 0 unspecified atom stereocenters. The Bertz CT molecular complexity index is 1040. The first kappa shape index (κ1) is 18.0. The summed E-state index contributed by atoms with van der Waals surface area (Å²) >= 11 is 0. The molecular weight excluding hydrogens is 340 g/mol. The molecule has 3 rings (SSSR count). The second kappa shape index (κ2) is 8.54. The highest BCUT2D eigenvalue weighted by atomic mass is 16.5. The first-order valence-electron chi connectivity index (χ1n) is 8.40. The van der Waals surface area contributed by atoms with E-state index in [2.05, 4.69) is 17.2 Å². The van der Waals surface area contributed by atoms with Gasteiger partial charge in [-0.15, -0.1) is 0 Å². The highest BCUT2D eigenvalue weighted by Crippen LogP contribution is 2.18. The van der Waals surface area contributed by atoms with Gasteiger partial charge in [-0.1, -0.05) is 60.4 Å². The number of nitrogens with two attached hydrogens (primary N) is 1. The summed E-state index contributed by atoms with van der Waals surface area (Å²) in [5.74, 6) is 5.29. The molecule has 0 saturated heterocycles. The lowest BCUT2D eigenvalue weighted by Crippen LogP contribution is -2.23. The number of fused-ring (bicyclic) bond motifs is 1. The second-order valence-electron chi connectivity index (χ2n) is 5.71. The Morgan fingerprint density at radius 1 is 0.889 bits per heavy atom. The van der Waals surface area contributed by atoms with Crippen LogP contribution in [0.15, 0.2) is 66.7 Å². The Morgan fingerprint density at radius 3 is 2.44 bits per heavy atom. The van der Waals surface area contributed by atoms with Crippen molar-refractivity contribution >= 4 is 22.6 Å². The molecule has 0 spiro atoms. The van der Waals surface area contributed by atoms with Crippen LogP contribution >= 0.6 is 0 Å². The first-order valence-corrected chi connectivity index (χ1v) is 8.40. The van der Waals surface area contributed by atoms with Gasteiger partial charge in [-0.25, -0.2) is 0 Å². The number of carbonyl (C=O) groups is 2. The van der Waals surface area contributed by atoms with E-state index in [4.69, 9.17) is 10.5 Å². The number of hydrogen-bond donors (Lipinski definition) is 2. The topological polar surface area (TPSA) is 81.4 Å². The van der Waals surface area contributed by atoms with E-state index in [-0.39, 0.29) is 19.1 Å². The van der Waals surface area contributed by atoms with E-state index in [0.29, 0.717) is 16.9 Å². The van der Waals surface area contributed by atoms with Gasteiger partial charge in [0, 0.05) is 5.56 Å². The number of para-hydroxylation sites is 1. The molecule has 3 aromatic rings. The lowest BCUT2D eigenvalue weighted by atomic mass is 10.0. The van der Waals surface area contributed by atoms with Crippen molar-refractivity contribution in [2.75, 3.05) is 13.2 Å². The monoisotopic (exact) mass is 358 g/mol. The number of rotatable bonds is 5. The van der Waals surface area contributed by atoms with Crippen LogP contribution < -0.4 is 15.8 Å². The zero-order valence-corrected chi connectivity index (χ0v) is 14.6. The van der Waals surface area contributed by atoms with E-state index in [1.165, 1.54) is 0 Å². The average molecular weight is 358 g/mol. The molecule has 27 heavy (non-hydrogen) atoms. The van der Waals surface area contributed by atoms with Crippen molar-refractivity contribution in [1.29, 1.82) is 0 Å². The molecule has 3 aromatic carbocycles. The fourth-order valence-electron chi connectivity index (χ4n) is 2.67. The fourth-order valence-corrected chi connectivity index (χ4v) is 2.67. The molecule has 0 bridgehead atoms. The molecule has 5 nitrogen and oxygen atoms in total. The molecule has 0 atom stereocenters. The summed E-state index contributed by atoms with van der Waals surface area (Å²) in [5, 5.41) is 4.69. The quantitative estimate of drug-likeness (QED) is 0.688. The van der Waals surface area contributed by atoms with Crippen LogP contribution in [0.5, 0.6) is 5.75 Å². The number of nitrogens with one attached hydrogen (secondary N) is 1. The molecule has 0 aromatic heterocycles. The van der Waals surface area contributed by atoms with E-state index in [1.807, 2.05) is 36.4 Å². The van der Waals surface area contributed by atoms with Crippen LogP contribution in [-0.2, 0) is 0 Å². The average Bonchev–Trinajstić information content (AvgIpc) is 2.70. The van der Waals surface area contributed by atoms with Crippen molar-refractivity contribution in [3.63, 3.8) is 0 Å². The highest BCUT2D eigenvalue weighted by Gasteiger charge is 2.08. The van der Waals surface area contributed by atoms with E-state index in [0.717, 1.165) is 10.8 Å². The number of hydrogen-bond acceptors (Lipinski definition) is 3. The smallest absolute Gasteiger partial charge is 0.252 e. The van der Waals surface area contributed by atoms with Crippen LogP contribution in [0, 0.1) is 11.8 Å². The molecule has 134 valence electrons. The maximum absolute atomic E-state index is 12.4. The van der Waals surface area contributed by atoms with Crippen molar-refractivity contribution in [1.82, 2.24) is 5.32 Å². The third kappa shape index (κ3) is 4.44. The van der Waals surface area contributed by atoms with E-state index < -0.39 is 5.91 Å². The maximum atomic E-state index is 12.4. The summed E-state index contributed by atoms with van der Waals surface area (Å²) in [6.07, 6.45) is 0. The molecular formula is C22H18N2O3. The minimum atomic E-state index is -0.555. The van der Waals surface area contributed by atoms with Gasteiger partial charge in [-0.05, 0) is 29.0 Å². The number of benzene rings is 3. The second-order valence-corrected chi connectivity index (χ2v) is 5.71. The number of ether oxygens (including phenoxy) is 1. The van der Waals surface area contributed by atoms with Gasteiger partial charge in [0.05, 0.1) is 12.1 Å². The van der Waals surface area contributed by atoms with E-state index >= 15 is 0 Å². The number of amides is 2. The van der Waals surface area contributed by atoms with Gasteiger partial charge in [0.1, 0.15) is 12.4 Å². The van der Waals surface area contributed by atoms with Gasteiger partial charge in [-0.2, -0.15) is 0 Å². The number of primary amides is 1. The molecule has 5 heteroatoms. The maximum Gasteiger partial charge on any atom is 0.252 e. The van der Waals surface area contributed by atoms with Crippen LogP contribution in [-0.4, -0.2) is 25.0 Å². The Kier molecular flexibility index (Phi) is 5.70. The summed E-state index contributed by atoms with van der Waals surface area (Å²) in [6, 6.07) is 20.0. The van der Waals surface area contributed by atoms with Gasteiger partial charge in [0.2, 0.25) is 0 Å². The third-order valence-electron chi connectivity index (χ3n) is 3.95. The summed E-state index contributed by atoms with van der Waals surface area (Å²) in [7, 11) is 0. The van der Waals surface area contributed by atoms with Gasteiger partial charge in [0.15, 0.2) is 0 Å². The molecule has 0 fully saturated rings. The standard InChI is InChI=1S/C22H18N2O3/c23-21(25)19-11-3-4-13-20(19)27-15-6-5-14-24-22(26)18-12-7-9-16-8-1-2-10-17(16)18/h1-4,7-13H,14-15H2,(H2,23,25)(H,24,26). The van der Waals surface area contributed by atoms with E-state index in [1.54, 1.807) is 30.3 Å². The zero-order valence-electron chi connectivity index (χ0n) is 14.6. The molecule has 0 aliphatic carbocycles. The van der Waals surface area contributed by atoms with Crippen molar-refractivity contribution in [3.05, 3.63) is 77.9 Å².